The molecule has 1 fully saturated rings. The van der Waals surface area contributed by atoms with Gasteiger partial charge in [0.1, 0.15) is 12.1 Å². The standard InChI is InChI=1S/C21H26N8O/c30-20-7-6-19(28-9-3-8-24-28)25-29(20)15-12-26-10-13-27(14-11-26)21-17-4-1-2-5-18(17)22-16-23-21/h3,6-9,16H,1-2,4-5,10-15H2. The molecule has 3 aromatic heterocycles. The number of rotatable bonds is 5. The highest BCUT2D eigenvalue weighted by Gasteiger charge is 2.23. The molecule has 9 heteroatoms. The molecule has 0 N–H and O–H groups in total. The molecule has 1 aliphatic heterocycles. The largest absolute Gasteiger partial charge is 0.354 e. The molecule has 0 amide bonds. The molecule has 1 saturated heterocycles. The van der Waals surface area contributed by atoms with Gasteiger partial charge in [0.2, 0.25) is 0 Å². The Morgan fingerprint density at radius 3 is 2.67 bits per heavy atom. The first-order valence-electron chi connectivity index (χ1n) is 10.7. The Morgan fingerprint density at radius 2 is 1.83 bits per heavy atom. The van der Waals surface area contributed by atoms with Crippen molar-refractivity contribution in [3.8, 4) is 5.82 Å². The summed E-state index contributed by atoms with van der Waals surface area (Å²) >= 11 is 0. The molecule has 30 heavy (non-hydrogen) atoms. The number of hydrogen-bond acceptors (Lipinski definition) is 7. The molecular weight excluding hydrogens is 380 g/mol. The molecule has 0 radical (unpaired) electrons. The number of piperazine rings is 1. The lowest BCUT2D eigenvalue weighted by atomic mass is 9.96. The minimum absolute atomic E-state index is 0.0860. The van der Waals surface area contributed by atoms with Gasteiger partial charge < -0.3 is 4.90 Å². The molecular formula is C21H26N8O. The Balaban J connectivity index is 1.21. The Bertz CT molecular complexity index is 1050. The third kappa shape index (κ3) is 3.85. The average Bonchev–Trinajstić information content (AvgIpc) is 3.34. The van der Waals surface area contributed by atoms with E-state index >= 15 is 0 Å². The van der Waals surface area contributed by atoms with Crippen molar-refractivity contribution in [1.82, 2.24) is 34.4 Å². The zero-order chi connectivity index (χ0) is 20.3. The molecule has 0 unspecified atom stereocenters. The van der Waals surface area contributed by atoms with Gasteiger partial charge in [0.15, 0.2) is 5.82 Å². The normalized spacial score (nSPS) is 17.1. The van der Waals surface area contributed by atoms with Crippen molar-refractivity contribution in [3.63, 3.8) is 0 Å². The van der Waals surface area contributed by atoms with E-state index < -0.39 is 0 Å². The second-order valence-corrected chi connectivity index (χ2v) is 7.86. The third-order valence-electron chi connectivity index (χ3n) is 5.99. The van der Waals surface area contributed by atoms with Crippen molar-refractivity contribution in [3.05, 3.63) is 58.5 Å². The number of aryl methyl sites for hydroxylation is 1. The molecule has 1 aliphatic carbocycles. The number of anilines is 1. The summed E-state index contributed by atoms with van der Waals surface area (Å²) in [5.41, 5.74) is 2.50. The van der Waals surface area contributed by atoms with E-state index in [1.54, 1.807) is 29.3 Å². The van der Waals surface area contributed by atoms with Gasteiger partial charge in [-0.05, 0) is 37.8 Å². The fourth-order valence-electron chi connectivity index (χ4n) is 4.32. The maximum atomic E-state index is 12.2. The average molecular weight is 406 g/mol. The Morgan fingerprint density at radius 1 is 0.967 bits per heavy atom. The summed E-state index contributed by atoms with van der Waals surface area (Å²) in [5.74, 6) is 1.78. The Hall–Kier alpha value is -3.07. The molecule has 3 aromatic rings. The van der Waals surface area contributed by atoms with E-state index in [0.717, 1.165) is 51.4 Å². The molecule has 0 spiro atoms. The Kier molecular flexibility index (Phi) is 5.27. The van der Waals surface area contributed by atoms with Crippen molar-refractivity contribution >= 4 is 5.82 Å². The molecule has 9 nitrogen and oxygen atoms in total. The summed E-state index contributed by atoms with van der Waals surface area (Å²) < 4.78 is 3.20. The van der Waals surface area contributed by atoms with E-state index in [9.17, 15) is 4.79 Å². The van der Waals surface area contributed by atoms with Crippen LogP contribution < -0.4 is 10.5 Å². The van der Waals surface area contributed by atoms with Crippen LogP contribution in [-0.4, -0.2) is 67.2 Å². The van der Waals surface area contributed by atoms with E-state index in [4.69, 9.17) is 0 Å². The molecule has 5 rings (SSSR count). The zero-order valence-electron chi connectivity index (χ0n) is 17.0. The van der Waals surface area contributed by atoms with Crippen LogP contribution in [0.2, 0.25) is 0 Å². The summed E-state index contributed by atoms with van der Waals surface area (Å²) in [5, 5.41) is 8.65. The SMILES string of the molecule is O=c1ccc(-n2cccn2)nn1CCN1CCN(c2ncnc3c2CCCC3)CC1. The van der Waals surface area contributed by atoms with Gasteiger partial charge in [-0.3, -0.25) is 9.69 Å². The van der Waals surface area contributed by atoms with Gasteiger partial charge in [-0.2, -0.15) is 5.10 Å². The first kappa shape index (κ1) is 18.9. The van der Waals surface area contributed by atoms with Gasteiger partial charge in [0, 0.05) is 62.4 Å². The first-order chi connectivity index (χ1) is 14.8. The number of aromatic nitrogens is 6. The Labute approximate surface area is 175 Å². The lowest BCUT2D eigenvalue weighted by molar-refractivity contribution is 0.242. The molecule has 2 aliphatic rings. The number of nitrogens with zero attached hydrogens (tertiary/aromatic N) is 8. The monoisotopic (exact) mass is 406 g/mol. The van der Waals surface area contributed by atoms with Gasteiger partial charge in [0.25, 0.3) is 5.56 Å². The highest BCUT2D eigenvalue weighted by Crippen LogP contribution is 2.27. The summed E-state index contributed by atoms with van der Waals surface area (Å²) in [6, 6.07) is 5.10. The van der Waals surface area contributed by atoms with Crippen LogP contribution in [0.15, 0.2) is 41.7 Å². The summed E-state index contributed by atoms with van der Waals surface area (Å²) in [6.07, 6.45) is 9.86. The van der Waals surface area contributed by atoms with Crippen LogP contribution in [-0.2, 0) is 19.4 Å². The van der Waals surface area contributed by atoms with Gasteiger partial charge >= 0.3 is 0 Å². The second kappa shape index (κ2) is 8.35. The lowest BCUT2D eigenvalue weighted by Crippen LogP contribution is -2.48. The smallest absolute Gasteiger partial charge is 0.266 e. The predicted octanol–water partition coefficient (Wildman–Crippen LogP) is 0.920. The van der Waals surface area contributed by atoms with Crippen LogP contribution in [0.3, 0.4) is 0 Å². The highest BCUT2D eigenvalue weighted by atomic mass is 16.1. The predicted molar refractivity (Wildman–Crippen MR) is 113 cm³/mol. The van der Waals surface area contributed by atoms with Crippen LogP contribution in [0.5, 0.6) is 0 Å². The van der Waals surface area contributed by atoms with Crippen LogP contribution in [0.25, 0.3) is 5.82 Å². The second-order valence-electron chi connectivity index (χ2n) is 7.86. The van der Waals surface area contributed by atoms with Crippen molar-refractivity contribution in [1.29, 1.82) is 0 Å². The van der Waals surface area contributed by atoms with Crippen LogP contribution in [0.4, 0.5) is 5.82 Å². The summed E-state index contributed by atoms with van der Waals surface area (Å²) in [6.45, 7) is 5.15. The molecule has 0 aromatic carbocycles. The minimum Gasteiger partial charge on any atom is -0.354 e. The fourth-order valence-corrected chi connectivity index (χ4v) is 4.32. The van der Waals surface area contributed by atoms with Gasteiger partial charge in [0.05, 0.1) is 6.54 Å². The number of fused-ring (bicyclic) bond motifs is 1. The van der Waals surface area contributed by atoms with Gasteiger partial charge in [-0.1, -0.05) is 0 Å². The van der Waals surface area contributed by atoms with E-state index in [2.05, 4.69) is 30.0 Å². The van der Waals surface area contributed by atoms with Crippen molar-refractivity contribution in [2.45, 2.75) is 32.2 Å². The summed E-state index contributed by atoms with van der Waals surface area (Å²) in [4.78, 5) is 26.1. The van der Waals surface area contributed by atoms with Crippen LogP contribution >= 0.6 is 0 Å². The van der Waals surface area contributed by atoms with Crippen molar-refractivity contribution in [2.75, 3.05) is 37.6 Å². The van der Waals surface area contributed by atoms with E-state index in [1.807, 2.05) is 12.3 Å². The zero-order valence-corrected chi connectivity index (χ0v) is 17.0. The molecule has 156 valence electrons. The lowest BCUT2D eigenvalue weighted by Gasteiger charge is -2.36. The highest BCUT2D eigenvalue weighted by molar-refractivity contribution is 5.50. The molecule has 4 heterocycles. The van der Waals surface area contributed by atoms with Crippen molar-refractivity contribution < 1.29 is 0 Å². The summed E-state index contributed by atoms with van der Waals surface area (Å²) in [7, 11) is 0. The van der Waals surface area contributed by atoms with Crippen LogP contribution in [0.1, 0.15) is 24.1 Å². The maximum absolute atomic E-state index is 12.2. The topological polar surface area (TPSA) is 85.0 Å². The third-order valence-corrected chi connectivity index (χ3v) is 5.99. The van der Waals surface area contributed by atoms with E-state index in [0.29, 0.717) is 12.4 Å². The molecule has 0 saturated carbocycles. The van der Waals surface area contributed by atoms with Crippen molar-refractivity contribution in [2.24, 2.45) is 0 Å². The maximum Gasteiger partial charge on any atom is 0.266 e. The minimum atomic E-state index is -0.0860. The van der Waals surface area contributed by atoms with E-state index in [1.165, 1.54) is 28.8 Å². The van der Waals surface area contributed by atoms with Crippen LogP contribution in [0, 0.1) is 0 Å². The first-order valence-corrected chi connectivity index (χ1v) is 10.7. The number of hydrogen-bond donors (Lipinski definition) is 0. The molecule has 0 atom stereocenters. The molecule has 0 bridgehead atoms. The van der Waals surface area contributed by atoms with Gasteiger partial charge in [-0.25, -0.2) is 19.3 Å². The quantitative estimate of drug-likeness (QED) is 0.623. The fraction of sp³-hybridized carbons (Fsp3) is 0.476. The van der Waals surface area contributed by atoms with Gasteiger partial charge in [-0.15, -0.1) is 5.10 Å². The van der Waals surface area contributed by atoms with E-state index in [-0.39, 0.29) is 5.56 Å².